The number of carbonyl (C=O) groups is 1. The van der Waals surface area contributed by atoms with Crippen LogP contribution in [0.2, 0.25) is 0 Å². The third kappa shape index (κ3) is 4.20. The van der Waals surface area contributed by atoms with Gasteiger partial charge in [-0.3, -0.25) is 0 Å². The Balaban J connectivity index is 1.70. The Hall–Kier alpha value is -3.32. The fourth-order valence-corrected chi connectivity index (χ4v) is 2.58. The van der Waals surface area contributed by atoms with Gasteiger partial charge < -0.3 is 25.1 Å². The smallest absolute Gasteiger partial charge is 0.323 e. The molecule has 0 bridgehead atoms. The van der Waals surface area contributed by atoms with E-state index in [0.717, 1.165) is 23.4 Å². The summed E-state index contributed by atoms with van der Waals surface area (Å²) < 4.78 is 10.7. The first-order chi connectivity index (χ1) is 12.7. The standard InChI is InChI=1S/C19H20N4O3/c1-20-10-13-4-3-5-14(8-13)22-19(24)23-15-6-7-16(17(9-15)25-2)18-11-21-12-26-18/h3-9,11-12,20H,10H2,1-2H3,(H2,22,23,24). The van der Waals surface area contributed by atoms with Crippen molar-refractivity contribution in [2.75, 3.05) is 24.8 Å². The van der Waals surface area contributed by atoms with E-state index in [-0.39, 0.29) is 6.03 Å². The van der Waals surface area contributed by atoms with Crippen molar-refractivity contribution >= 4 is 17.4 Å². The fraction of sp³-hybridized carbons (Fsp3) is 0.158. The van der Waals surface area contributed by atoms with Crippen LogP contribution in [0.5, 0.6) is 5.75 Å². The molecule has 134 valence electrons. The molecule has 0 aliphatic carbocycles. The Kier molecular flexibility index (Phi) is 5.50. The summed E-state index contributed by atoms with van der Waals surface area (Å²) in [4.78, 5) is 16.2. The van der Waals surface area contributed by atoms with Crippen molar-refractivity contribution in [3.05, 3.63) is 60.6 Å². The number of anilines is 2. The van der Waals surface area contributed by atoms with Gasteiger partial charge in [0.25, 0.3) is 0 Å². The van der Waals surface area contributed by atoms with Crippen molar-refractivity contribution in [1.82, 2.24) is 10.3 Å². The summed E-state index contributed by atoms with van der Waals surface area (Å²) in [5.74, 6) is 1.18. The predicted molar refractivity (Wildman–Crippen MR) is 100 cm³/mol. The van der Waals surface area contributed by atoms with Gasteiger partial charge in [0.05, 0.1) is 18.9 Å². The number of nitrogens with one attached hydrogen (secondary N) is 3. The highest BCUT2D eigenvalue weighted by Gasteiger charge is 2.11. The van der Waals surface area contributed by atoms with Crippen LogP contribution < -0.4 is 20.7 Å². The maximum absolute atomic E-state index is 12.3. The van der Waals surface area contributed by atoms with Gasteiger partial charge >= 0.3 is 6.03 Å². The lowest BCUT2D eigenvalue weighted by atomic mass is 10.1. The minimum Gasteiger partial charge on any atom is -0.496 e. The van der Waals surface area contributed by atoms with Crippen LogP contribution in [0.3, 0.4) is 0 Å². The molecule has 3 aromatic rings. The van der Waals surface area contributed by atoms with Crippen LogP contribution in [0.25, 0.3) is 11.3 Å². The van der Waals surface area contributed by atoms with E-state index in [0.29, 0.717) is 17.2 Å². The summed E-state index contributed by atoms with van der Waals surface area (Å²) in [6, 6.07) is 12.6. The van der Waals surface area contributed by atoms with E-state index in [9.17, 15) is 4.79 Å². The van der Waals surface area contributed by atoms with Crippen molar-refractivity contribution in [3.8, 4) is 17.1 Å². The van der Waals surface area contributed by atoms with E-state index < -0.39 is 0 Å². The quantitative estimate of drug-likeness (QED) is 0.629. The Bertz CT molecular complexity index is 878. The van der Waals surface area contributed by atoms with E-state index in [2.05, 4.69) is 20.9 Å². The molecule has 0 unspecified atom stereocenters. The molecule has 7 heteroatoms. The molecule has 0 radical (unpaired) electrons. The molecule has 2 amide bonds. The van der Waals surface area contributed by atoms with Crippen molar-refractivity contribution in [1.29, 1.82) is 0 Å². The predicted octanol–water partition coefficient (Wildman–Crippen LogP) is 3.71. The zero-order valence-corrected chi connectivity index (χ0v) is 14.6. The number of oxazole rings is 1. The molecule has 0 saturated heterocycles. The Morgan fingerprint density at radius 2 is 1.96 bits per heavy atom. The van der Waals surface area contributed by atoms with Crippen LogP contribution in [0.15, 0.2) is 59.5 Å². The topological polar surface area (TPSA) is 88.4 Å². The zero-order valence-electron chi connectivity index (χ0n) is 14.6. The van der Waals surface area contributed by atoms with Gasteiger partial charge in [-0.15, -0.1) is 0 Å². The number of hydrogen-bond donors (Lipinski definition) is 3. The molecular weight excluding hydrogens is 332 g/mol. The van der Waals surface area contributed by atoms with Crippen LogP contribution in [0, 0.1) is 0 Å². The maximum Gasteiger partial charge on any atom is 0.323 e. The fourth-order valence-electron chi connectivity index (χ4n) is 2.58. The minimum absolute atomic E-state index is 0.332. The van der Waals surface area contributed by atoms with Gasteiger partial charge in [-0.25, -0.2) is 9.78 Å². The summed E-state index contributed by atoms with van der Waals surface area (Å²) in [6.45, 7) is 0.734. The first kappa shape index (κ1) is 17.5. The van der Waals surface area contributed by atoms with Crippen molar-refractivity contribution in [2.24, 2.45) is 0 Å². The molecule has 26 heavy (non-hydrogen) atoms. The molecule has 0 aliphatic heterocycles. The Labute approximate surface area is 151 Å². The van der Waals surface area contributed by atoms with Gasteiger partial charge in [-0.2, -0.15) is 0 Å². The second-order valence-corrected chi connectivity index (χ2v) is 5.59. The van der Waals surface area contributed by atoms with Gasteiger partial charge in [0.15, 0.2) is 12.2 Å². The average Bonchev–Trinajstić information content (AvgIpc) is 3.16. The molecule has 7 nitrogen and oxygen atoms in total. The zero-order chi connectivity index (χ0) is 18.4. The molecule has 1 heterocycles. The van der Waals surface area contributed by atoms with Gasteiger partial charge in [0.2, 0.25) is 0 Å². The minimum atomic E-state index is -0.332. The van der Waals surface area contributed by atoms with Crippen LogP contribution in [0.1, 0.15) is 5.56 Å². The Morgan fingerprint density at radius 3 is 2.65 bits per heavy atom. The van der Waals surface area contributed by atoms with Crippen LogP contribution >= 0.6 is 0 Å². The van der Waals surface area contributed by atoms with E-state index in [1.807, 2.05) is 37.4 Å². The average molecular weight is 352 g/mol. The van der Waals surface area contributed by atoms with Gasteiger partial charge in [-0.1, -0.05) is 12.1 Å². The molecule has 0 atom stereocenters. The monoisotopic (exact) mass is 352 g/mol. The number of methoxy groups -OCH3 is 1. The molecule has 1 aromatic heterocycles. The summed E-state index contributed by atoms with van der Waals surface area (Å²) >= 11 is 0. The molecule has 0 aliphatic rings. The van der Waals surface area contributed by atoms with Crippen molar-refractivity contribution in [2.45, 2.75) is 6.54 Å². The van der Waals surface area contributed by atoms with Crippen LogP contribution in [0.4, 0.5) is 16.2 Å². The van der Waals surface area contributed by atoms with Crippen molar-refractivity contribution < 1.29 is 13.9 Å². The van der Waals surface area contributed by atoms with E-state index in [4.69, 9.17) is 9.15 Å². The van der Waals surface area contributed by atoms with Gasteiger partial charge in [-0.05, 0) is 36.9 Å². The van der Waals surface area contributed by atoms with Crippen molar-refractivity contribution in [3.63, 3.8) is 0 Å². The SMILES string of the molecule is CNCc1cccc(NC(=O)Nc2ccc(-c3cnco3)c(OC)c2)c1. The van der Waals surface area contributed by atoms with Gasteiger partial charge in [0, 0.05) is 24.0 Å². The molecule has 0 saturated carbocycles. The first-order valence-corrected chi connectivity index (χ1v) is 8.08. The molecular formula is C19H20N4O3. The summed E-state index contributed by atoms with van der Waals surface area (Å²) in [5, 5.41) is 8.70. The maximum atomic E-state index is 12.3. The number of aromatic nitrogens is 1. The lowest BCUT2D eigenvalue weighted by Gasteiger charge is -2.11. The van der Waals surface area contributed by atoms with E-state index >= 15 is 0 Å². The van der Waals surface area contributed by atoms with E-state index in [1.54, 1.807) is 25.4 Å². The molecule has 0 fully saturated rings. The summed E-state index contributed by atoms with van der Waals surface area (Å²) in [7, 11) is 3.44. The normalized spacial score (nSPS) is 10.4. The lowest BCUT2D eigenvalue weighted by molar-refractivity contribution is 0.262. The van der Waals surface area contributed by atoms with Crippen LogP contribution in [-0.4, -0.2) is 25.2 Å². The summed E-state index contributed by atoms with van der Waals surface area (Å²) in [5.41, 5.74) is 3.17. The first-order valence-electron chi connectivity index (χ1n) is 8.08. The highest BCUT2D eigenvalue weighted by Crippen LogP contribution is 2.32. The number of nitrogens with zero attached hydrogens (tertiary/aromatic N) is 1. The number of urea groups is 1. The molecule has 3 N–H and O–H groups in total. The number of rotatable bonds is 6. The van der Waals surface area contributed by atoms with Crippen LogP contribution in [-0.2, 0) is 6.54 Å². The molecule has 0 spiro atoms. The lowest BCUT2D eigenvalue weighted by Crippen LogP contribution is -2.19. The molecule has 3 rings (SSSR count). The number of ether oxygens (including phenoxy) is 1. The molecule has 2 aromatic carbocycles. The third-order valence-electron chi connectivity index (χ3n) is 3.72. The van der Waals surface area contributed by atoms with Gasteiger partial charge in [0.1, 0.15) is 5.75 Å². The highest BCUT2D eigenvalue weighted by atomic mass is 16.5. The second-order valence-electron chi connectivity index (χ2n) is 5.59. The number of carbonyl (C=O) groups excluding carboxylic acids is 1. The second kappa shape index (κ2) is 8.17. The number of amides is 2. The third-order valence-corrected chi connectivity index (χ3v) is 3.72. The highest BCUT2D eigenvalue weighted by molar-refractivity contribution is 6.00. The number of benzene rings is 2. The number of hydrogen-bond acceptors (Lipinski definition) is 5. The van der Waals surface area contributed by atoms with E-state index in [1.165, 1.54) is 6.39 Å². The summed E-state index contributed by atoms with van der Waals surface area (Å²) in [6.07, 6.45) is 2.96. The Morgan fingerprint density at radius 1 is 1.15 bits per heavy atom. The largest absolute Gasteiger partial charge is 0.496 e.